The van der Waals surface area contributed by atoms with Crippen LogP contribution in [-0.4, -0.2) is 28.4 Å². The van der Waals surface area contributed by atoms with E-state index < -0.39 is 0 Å². The summed E-state index contributed by atoms with van der Waals surface area (Å²) in [6.07, 6.45) is 1.68. The first-order valence-corrected chi connectivity index (χ1v) is 6.04. The number of nitrogens with zero attached hydrogens (tertiary/aromatic N) is 2. The third-order valence-electron chi connectivity index (χ3n) is 2.85. The highest BCUT2D eigenvalue weighted by Gasteiger charge is 2.10. The van der Waals surface area contributed by atoms with Crippen LogP contribution >= 0.6 is 0 Å². The van der Waals surface area contributed by atoms with Gasteiger partial charge in [-0.2, -0.15) is 0 Å². The molecule has 6 nitrogen and oxygen atoms in total. The van der Waals surface area contributed by atoms with E-state index in [1.54, 1.807) is 32.3 Å². The molecule has 2 heterocycles. The van der Waals surface area contributed by atoms with Gasteiger partial charge in [-0.3, -0.25) is 14.0 Å². The molecule has 19 heavy (non-hydrogen) atoms. The molecule has 2 aromatic rings. The Bertz CT molecular complexity index is 650. The first kappa shape index (κ1) is 13.2. The SMILES string of the molecule is CNC(=O)C(C)NCc1cc(=O)n2ccccc2n1. The third kappa shape index (κ3) is 2.97. The van der Waals surface area contributed by atoms with E-state index in [4.69, 9.17) is 0 Å². The number of pyridine rings is 1. The molecular formula is C13H16N4O2. The average Bonchev–Trinajstić information content (AvgIpc) is 2.44. The summed E-state index contributed by atoms with van der Waals surface area (Å²) in [5.74, 6) is -0.0995. The van der Waals surface area contributed by atoms with E-state index in [0.717, 1.165) is 0 Å². The Labute approximate surface area is 110 Å². The Morgan fingerprint density at radius 1 is 1.47 bits per heavy atom. The molecule has 0 aromatic carbocycles. The Kier molecular flexibility index (Phi) is 3.91. The van der Waals surface area contributed by atoms with Crippen molar-refractivity contribution in [2.24, 2.45) is 0 Å². The topological polar surface area (TPSA) is 75.5 Å². The highest BCUT2D eigenvalue weighted by Crippen LogP contribution is 1.98. The molecule has 0 fully saturated rings. The lowest BCUT2D eigenvalue weighted by atomic mass is 10.3. The van der Waals surface area contributed by atoms with Crippen LogP contribution in [0.15, 0.2) is 35.3 Å². The second-order valence-corrected chi connectivity index (χ2v) is 4.23. The van der Waals surface area contributed by atoms with Gasteiger partial charge in [0.2, 0.25) is 5.91 Å². The van der Waals surface area contributed by atoms with Crippen molar-refractivity contribution in [3.05, 3.63) is 46.5 Å². The van der Waals surface area contributed by atoms with E-state index >= 15 is 0 Å². The summed E-state index contributed by atoms with van der Waals surface area (Å²) in [5.41, 5.74) is 1.08. The van der Waals surface area contributed by atoms with E-state index in [-0.39, 0.29) is 17.5 Å². The van der Waals surface area contributed by atoms with E-state index in [1.165, 1.54) is 10.5 Å². The lowest BCUT2D eigenvalue weighted by molar-refractivity contribution is -0.122. The van der Waals surface area contributed by atoms with E-state index in [2.05, 4.69) is 15.6 Å². The lowest BCUT2D eigenvalue weighted by Gasteiger charge is -2.11. The summed E-state index contributed by atoms with van der Waals surface area (Å²) >= 11 is 0. The predicted molar refractivity (Wildman–Crippen MR) is 71.8 cm³/mol. The van der Waals surface area contributed by atoms with Crippen LogP contribution in [-0.2, 0) is 11.3 Å². The molecule has 0 saturated heterocycles. The van der Waals surface area contributed by atoms with Gasteiger partial charge in [-0.15, -0.1) is 0 Å². The van der Waals surface area contributed by atoms with Gasteiger partial charge in [-0.25, -0.2) is 4.98 Å². The number of hydrogen-bond donors (Lipinski definition) is 2. The molecule has 1 amide bonds. The fraction of sp³-hybridized carbons (Fsp3) is 0.308. The molecule has 0 aliphatic heterocycles. The van der Waals surface area contributed by atoms with Crippen molar-refractivity contribution in [3.63, 3.8) is 0 Å². The summed E-state index contributed by atoms with van der Waals surface area (Å²) in [4.78, 5) is 27.6. The number of nitrogens with one attached hydrogen (secondary N) is 2. The van der Waals surface area contributed by atoms with Crippen molar-refractivity contribution >= 4 is 11.6 Å². The van der Waals surface area contributed by atoms with E-state index in [9.17, 15) is 9.59 Å². The van der Waals surface area contributed by atoms with Crippen molar-refractivity contribution in [3.8, 4) is 0 Å². The van der Waals surface area contributed by atoms with Crippen molar-refractivity contribution in [2.45, 2.75) is 19.5 Å². The Morgan fingerprint density at radius 2 is 2.26 bits per heavy atom. The molecule has 0 saturated carbocycles. The van der Waals surface area contributed by atoms with Gasteiger partial charge in [0.15, 0.2) is 0 Å². The standard InChI is InChI=1S/C13H16N4O2/c1-9(13(19)14-2)15-8-10-7-12(18)17-6-4-3-5-11(17)16-10/h3-7,9,15H,8H2,1-2H3,(H,14,19). The van der Waals surface area contributed by atoms with Crippen LogP contribution in [0.2, 0.25) is 0 Å². The van der Waals surface area contributed by atoms with Crippen LogP contribution in [0.1, 0.15) is 12.6 Å². The van der Waals surface area contributed by atoms with Crippen molar-refractivity contribution < 1.29 is 4.79 Å². The minimum absolute atomic E-state index is 0.0995. The Morgan fingerprint density at radius 3 is 3.00 bits per heavy atom. The average molecular weight is 260 g/mol. The summed E-state index contributed by atoms with van der Waals surface area (Å²) in [7, 11) is 1.58. The van der Waals surface area contributed by atoms with Gasteiger partial charge in [-0.1, -0.05) is 6.07 Å². The zero-order chi connectivity index (χ0) is 13.8. The molecule has 0 aliphatic rings. The minimum Gasteiger partial charge on any atom is -0.358 e. The number of hydrogen-bond acceptors (Lipinski definition) is 4. The number of likely N-dealkylation sites (N-methyl/N-ethyl adjacent to an activating group) is 1. The smallest absolute Gasteiger partial charge is 0.258 e. The number of carbonyl (C=O) groups excluding carboxylic acids is 1. The summed E-state index contributed by atoms with van der Waals surface area (Å²) in [6, 6.07) is 6.51. The third-order valence-corrected chi connectivity index (χ3v) is 2.85. The zero-order valence-corrected chi connectivity index (χ0v) is 10.9. The van der Waals surface area contributed by atoms with Crippen LogP contribution in [0.4, 0.5) is 0 Å². The molecule has 2 N–H and O–H groups in total. The normalized spacial score (nSPS) is 12.3. The van der Waals surface area contributed by atoms with Crippen molar-refractivity contribution in [2.75, 3.05) is 7.05 Å². The molecule has 0 bridgehead atoms. The monoisotopic (exact) mass is 260 g/mol. The van der Waals surface area contributed by atoms with Crippen LogP contribution in [0.3, 0.4) is 0 Å². The predicted octanol–water partition coefficient (Wildman–Crippen LogP) is -0.0814. The van der Waals surface area contributed by atoms with E-state index in [0.29, 0.717) is 17.9 Å². The first-order chi connectivity index (χ1) is 9.11. The molecule has 1 atom stereocenters. The molecule has 1 unspecified atom stereocenters. The summed E-state index contributed by atoms with van der Waals surface area (Å²) in [5, 5.41) is 5.57. The van der Waals surface area contributed by atoms with Crippen LogP contribution in [0.25, 0.3) is 5.65 Å². The maximum Gasteiger partial charge on any atom is 0.258 e. The van der Waals surface area contributed by atoms with Gasteiger partial charge in [0, 0.05) is 25.9 Å². The van der Waals surface area contributed by atoms with Gasteiger partial charge >= 0.3 is 0 Å². The van der Waals surface area contributed by atoms with Crippen LogP contribution in [0.5, 0.6) is 0 Å². The van der Waals surface area contributed by atoms with Crippen LogP contribution in [0, 0.1) is 0 Å². The zero-order valence-electron chi connectivity index (χ0n) is 10.9. The molecule has 0 spiro atoms. The van der Waals surface area contributed by atoms with E-state index in [1.807, 2.05) is 6.07 Å². The van der Waals surface area contributed by atoms with Gasteiger partial charge in [0.05, 0.1) is 11.7 Å². The fourth-order valence-electron chi connectivity index (χ4n) is 1.76. The number of fused-ring (bicyclic) bond motifs is 1. The van der Waals surface area contributed by atoms with Gasteiger partial charge in [0.1, 0.15) is 5.65 Å². The number of aromatic nitrogens is 2. The molecule has 0 aliphatic carbocycles. The molecule has 6 heteroatoms. The van der Waals surface area contributed by atoms with Crippen molar-refractivity contribution in [1.82, 2.24) is 20.0 Å². The summed E-state index contributed by atoms with van der Waals surface area (Å²) < 4.78 is 1.48. The van der Waals surface area contributed by atoms with Crippen LogP contribution < -0.4 is 16.2 Å². The van der Waals surface area contributed by atoms with Gasteiger partial charge < -0.3 is 10.6 Å². The highest BCUT2D eigenvalue weighted by molar-refractivity contribution is 5.80. The number of amides is 1. The molecule has 100 valence electrons. The Balaban J connectivity index is 2.18. The Hall–Kier alpha value is -2.21. The minimum atomic E-state index is -0.332. The number of rotatable bonds is 4. The van der Waals surface area contributed by atoms with Crippen molar-refractivity contribution in [1.29, 1.82) is 0 Å². The molecule has 0 radical (unpaired) electrons. The lowest BCUT2D eigenvalue weighted by Crippen LogP contribution is -2.40. The fourth-order valence-corrected chi connectivity index (χ4v) is 1.76. The first-order valence-electron chi connectivity index (χ1n) is 6.04. The second-order valence-electron chi connectivity index (χ2n) is 4.23. The maximum atomic E-state index is 11.9. The molecule has 2 aromatic heterocycles. The largest absolute Gasteiger partial charge is 0.358 e. The highest BCUT2D eigenvalue weighted by atomic mass is 16.2. The maximum absolute atomic E-state index is 11.9. The summed E-state index contributed by atoms with van der Waals surface area (Å²) in [6.45, 7) is 2.13. The second kappa shape index (κ2) is 5.62. The molecule has 2 rings (SSSR count). The van der Waals surface area contributed by atoms with Gasteiger partial charge in [-0.05, 0) is 19.1 Å². The van der Waals surface area contributed by atoms with Gasteiger partial charge in [0.25, 0.3) is 5.56 Å². The number of carbonyl (C=O) groups is 1. The quantitative estimate of drug-likeness (QED) is 0.806. The molecular weight excluding hydrogens is 244 g/mol.